The molecule has 5 nitrogen and oxygen atoms in total. The molecule has 1 aliphatic carbocycles. The predicted molar refractivity (Wildman–Crippen MR) is 124 cm³/mol. The highest BCUT2D eigenvalue weighted by atomic mass is 32.1. The van der Waals surface area contributed by atoms with Crippen molar-refractivity contribution in [2.45, 2.75) is 25.8 Å². The highest BCUT2D eigenvalue weighted by Gasteiger charge is 2.29. The summed E-state index contributed by atoms with van der Waals surface area (Å²) < 4.78 is 0. The van der Waals surface area contributed by atoms with E-state index in [0.29, 0.717) is 19.6 Å². The summed E-state index contributed by atoms with van der Waals surface area (Å²) in [5.41, 5.74) is 5.94. The van der Waals surface area contributed by atoms with Crippen LogP contribution in [0, 0.1) is 5.92 Å². The van der Waals surface area contributed by atoms with Crippen molar-refractivity contribution < 1.29 is 9.59 Å². The molecule has 1 unspecified atom stereocenters. The lowest BCUT2D eigenvalue weighted by Gasteiger charge is -2.32. The Hall–Kier alpha value is -3.12. The average molecular weight is 432 g/mol. The Morgan fingerprint density at radius 2 is 1.90 bits per heavy atom. The number of nitrogens with one attached hydrogen (secondary N) is 2. The Balaban J connectivity index is 1.20. The van der Waals surface area contributed by atoms with E-state index in [9.17, 15) is 9.59 Å². The maximum atomic E-state index is 12.9. The van der Waals surface area contributed by atoms with Gasteiger partial charge in [-0.05, 0) is 65.1 Å². The van der Waals surface area contributed by atoms with Gasteiger partial charge in [0.25, 0.3) is 0 Å². The van der Waals surface area contributed by atoms with Crippen molar-refractivity contribution in [2.75, 3.05) is 18.4 Å². The van der Waals surface area contributed by atoms with Crippen LogP contribution in [-0.4, -0.2) is 29.9 Å². The SMILES string of the molecule is O=C(Nc1ccc2c(c1)Cc1ccccc1-2)C1CCCN(C(=O)NCc2cccs2)C1. The fourth-order valence-corrected chi connectivity index (χ4v) is 5.18. The number of urea groups is 1. The highest BCUT2D eigenvalue weighted by molar-refractivity contribution is 7.09. The summed E-state index contributed by atoms with van der Waals surface area (Å²) >= 11 is 1.63. The Morgan fingerprint density at radius 3 is 2.77 bits per heavy atom. The molecule has 5 rings (SSSR count). The van der Waals surface area contributed by atoms with Crippen LogP contribution in [0.15, 0.2) is 60.0 Å². The second-order valence-electron chi connectivity index (χ2n) is 8.22. The van der Waals surface area contributed by atoms with Gasteiger partial charge in [-0.2, -0.15) is 0 Å². The molecule has 3 aromatic rings. The maximum Gasteiger partial charge on any atom is 0.317 e. The number of thiophene rings is 1. The van der Waals surface area contributed by atoms with Gasteiger partial charge in [0.2, 0.25) is 5.91 Å². The molecule has 1 saturated heterocycles. The van der Waals surface area contributed by atoms with Crippen LogP contribution in [0.4, 0.5) is 10.5 Å². The van der Waals surface area contributed by atoms with Crippen molar-refractivity contribution in [3.63, 3.8) is 0 Å². The normalized spacial score (nSPS) is 17.0. The van der Waals surface area contributed by atoms with Crippen LogP contribution in [-0.2, 0) is 17.8 Å². The quantitative estimate of drug-likeness (QED) is 0.484. The molecule has 1 aliphatic heterocycles. The van der Waals surface area contributed by atoms with E-state index in [1.165, 1.54) is 22.3 Å². The van der Waals surface area contributed by atoms with E-state index in [2.05, 4.69) is 47.0 Å². The topological polar surface area (TPSA) is 61.4 Å². The highest BCUT2D eigenvalue weighted by Crippen LogP contribution is 2.37. The Kier molecular flexibility index (Phi) is 5.47. The van der Waals surface area contributed by atoms with E-state index in [1.54, 1.807) is 16.2 Å². The molecule has 1 atom stereocenters. The molecule has 0 saturated carbocycles. The third-order valence-corrected chi connectivity index (χ3v) is 7.01. The summed E-state index contributed by atoms with van der Waals surface area (Å²) in [4.78, 5) is 28.4. The molecule has 3 amide bonds. The lowest BCUT2D eigenvalue weighted by molar-refractivity contribution is -0.121. The van der Waals surface area contributed by atoms with Gasteiger partial charge in [-0.1, -0.05) is 36.4 Å². The number of hydrogen-bond acceptors (Lipinski definition) is 3. The van der Waals surface area contributed by atoms with Crippen LogP contribution in [0.5, 0.6) is 0 Å². The molecule has 2 N–H and O–H groups in total. The minimum Gasteiger partial charge on any atom is -0.333 e. The summed E-state index contributed by atoms with van der Waals surface area (Å²) in [7, 11) is 0. The summed E-state index contributed by atoms with van der Waals surface area (Å²) in [6.07, 6.45) is 2.54. The summed E-state index contributed by atoms with van der Waals surface area (Å²) in [6.45, 7) is 1.68. The smallest absolute Gasteiger partial charge is 0.317 e. The number of rotatable bonds is 4. The van der Waals surface area contributed by atoms with Gasteiger partial charge in [0.15, 0.2) is 0 Å². The second-order valence-corrected chi connectivity index (χ2v) is 9.25. The molecule has 1 aromatic heterocycles. The van der Waals surface area contributed by atoms with Crippen molar-refractivity contribution in [3.8, 4) is 11.1 Å². The van der Waals surface area contributed by atoms with Gasteiger partial charge in [0.1, 0.15) is 0 Å². The molecule has 158 valence electrons. The average Bonchev–Trinajstić information content (AvgIpc) is 3.44. The Bertz CT molecular complexity index is 1110. The number of anilines is 1. The van der Waals surface area contributed by atoms with Gasteiger partial charge >= 0.3 is 6.03 Å². The molecule has 0 bridgehead atoms. The van der Waals surface area contributed by atoms with Crippen molar-refractivity contribution in [1.29, 1.82) is 0 Å². The van der Waals surface area contributed by atoms with Gasteiger partial charge in [0.05, 0.1) is 12.5 Å². The van der Waals surface area contributed by atoms with Crippen molar-refractivity contribution in [2.24, 2.45) is 5.92 Å². The first-order valence-electron chi connectivity index (χ1n) is 10.7. The van der Waals surface area contributed by atoms with Crippen molar-refractivity contribution >= 4 is 29.0 Å². The standard InChI is InChI=1S/C25H25N3O2S/c29-24(18-6-3-11-28(16-18)25(30)26-15-21-7-4-12-31-21)27-20-9-10-23-19(14-20)13-17-5-1-2-8-22(17)23/h1-2,4-5,7-10,12,14,18H,3,6,11,13,15-16H2,(H,26,30)(H,27,29). The number of fused-ring (bicyclic) bond motifs is 3. The monoisotopic (exact) mass is 431 g/mol. The van der Waals surface area contributed by atoms with Crippen LogP contribution in [0.3, 0.4) is 0 Å². The maximum absolute atomic E-state index is 12.9. The zero-order valence-electron chi connectivity index (χ0n) is 17.3. The minimum atomic E-state index is -0.188. The number of amides is 3. The minimum absolute atomic E-state index is 0.00813. The Labute approximate surface area is 186 Å². The molecule has 1 fully saturated rings. The largest absolute Gasteiger partial charge is 0.333 e. The van der Waals surface area contributed by atoms with E-state index in [4.69, 9.17) is 0 Å². The summed E-state index contributed by atoms with van der Waals surface area (Å²) in [6, 6.07) is 18.5. The van der Waals surface area contributed by atoms with Crippen LogP contribution >= 0.6 is 11.3 Å². The fourth-order valence-electron chi connectivity index (χ4n) is 4.53. The number of hydrogen-bond donors (Lipinski definition) is 2. The van der Waals surface area contributed by atoms with Gasteiger partial charge < -0.3 is 15.5 Å². The number of benzene rings is 2. The number of carbonyl (C=O) groups excluding carboxylic acids is 2. The van der Waals surface area contributed by atoms with Crippen LogP contribution in [0.25, 0.3) is 11.1 Å². The van der Waals surface area contributed by atoms with E-state index < -0.39 is 0 Å². The van der Waals surface area contributed by atoms with Crippen molar-refractivity contribution in [1.82, 2.24) is 10.2 Å². The molecule has 2 heterocycles. The fraction of sp³-hybridized carbons (Fsp3) is 0.280. The van der Waals surface area contributed by atoms with E-state index in [0.717, 1.165) is 29.8 Å². The zero-order chi connectivity index (χ0) is 21.2. The van der Waals surface area contributed by atoms with E-state index >= 15 is 0 Å². The lowest BCUT2D eigenvalue weighted by atomic mass is 9.97. The molecular formula is C25H25N3O2S. The third-order valence-electron chi connectivity index (χ3n) is 6.13. The van der Waals surface area contributed by atoms with Gasteiger partial charge in [-0.15, -0.1) is 11.3 Å². The van der Waals surface area contributed by atoms with Crippen LogP contribution < -0.4 is 10.6 Å². The predicted octanol–water partition coefficient (Wildman–Crippen LogP) is 4.88. The van der Waals surface area contributed by atoms with Crippen LogP contribution in [0.2, 0.25) is 0 Å². The first kappa shape index (κ1) is 19.8. The van der Waals surface area contributed by atoms with Crippen LogP contribution in [0.1, 0.15) is 28.8 Å². The lowest BCUT2D eigenvalue weighted by Crippen LogP contribution is -2.47. The molecule has 0 spiro atoms. The summed E-state index contributed by atoms with van der Waals surface area (Å²) in [5, 5.41) is 8.05. The Morgan fingerprint density at radius 1 is 1.03 bits per heavy atom. The number of carbonyl (C=O) groups is 2. The number of piperidine rings is 1. The molecule has 6 heteroatoms. The van der Waals surface area contributed by atoms with Crippen molar-refractivity contribution in [3.05, 3.63) is 76.0 Å². The van der Waals surface area contributed by atoms with Gasteiger partial charge in [-0.25, -0.2) is 4.79 Å². The first-order valence-corrected chi connectivity index (χ1v) is 11.6. The molecular weight excluding hydrogens is 406 g/mol. The number of nitrogens with zero attached hydrogens (tertiary/aromatic N) is 1. The third kappa shape index (κ3) is 4.21. The van der Waals surface area contributed by atoms with Gasteiger partial charge in [0, 0.05) is 23.7 Å². The molecule has 2 aliphatic rings. The summed E-state index contributed by atoms with van der Waals surface area (Å²) in [5.74, 6) is -0.196. The van der Waals surface area contributed by atoms with E-state index in [1.807, 2.05) is 23.6 Å². The number of likely N-dealkylation sites (tertiary alicyclic amines) is 1. The second kappa shape index (κ2) is 8.55. The van der Waals surface area contributed by atoms with Gasteiger partial charge in [-0.3, -0.25) is 4.79 Å². The molecule has 2 aromatic carbocycles. The molecule has 0 radical (unpaired) electrons. The first-order chi connectivity index (χ1) is 15.2. The van der Waals surface area contributed by atoms with E-state index in [-0.39, 0.29) is 17.9 Å². The zero-order valence-corrected chi connectivity index (χ0v) is 18.1. The molecule has 31 heavy (non-hydrogen) atoms.